The monoisotopic (exact) mass is 914 g/mol. The molecule has 0 fully saturated rings. The van der Waals surface area contributed by atoms with Crippen molar-refractivity contribution in [2.24, 2.45) is 10.9 Å². The number of fused-ring (bicyclic) bond motifs is 2. The van der Waals surface area contributed by atoms with Crippen molar-refractivity contribution < 1.29 is 9.47 Å². The van der Waals surface area contributed by atoms with Gasteiger partial charge in [0, 0.05) is 34.7 Å². The Labute approximate surface area is 412 Å². The number of benzene rings is 6. The van der Waals surface area contributed by atoms with Crippen LogP contribution >= 0.6 is 0 Å². The lowest BCUT2D eigenvalue weighted by Gasteiger charge is -2.45. The fraction of sp³-hybridized carbons (Fsp3) is 0.344. The largest absolute Gasteiger partial charge is 0.468 e. The maximum absolute atomic E-state index is 7.40. The highest BCUT2D eigenvalue weighted by Crippen LogP contribution is 2.54. The van der Waals surface area contributed by atoms with E-state index in [0.29, 0.717) is 17.7 Å². The molecule has 0 spiro atoms. The Hall–Kier alpha value is -6.46. The number of pyridine rings is 1. The van der Waals surface area contributed by atoms with Gasteiger partial charge in [0.15, 0.2) is 0 Å². The summed E-state index contributed by atoms with van der Waals surface area (Å²) in [5.41, 5.74) is 13.6. The molecule has 0 bridgehead atoms. The van der Waals surface area contributed by atoms with Crippen LogP contribution in [0.15, 0.2) is 157 Å². The third-order valence-corrected chi connectivity index (χ3v) is 15.4. The Morgan fingerprint density at radius 1 is 0.609 bits per heavy atom. The van der Waals surface area contributed by atoms with Gasteiger partial charge in [-0.1, -0.05) is 173 Å². The highest BCUT2D eigenvalue weighted by atomic mass is 16.5. The Morgan fingerprint density at radius 3 is 1.81 bits per heavy atom. The van der Waals surface area contributed by atoms with Crippen LogP contribution in [0.3, 0.4) is 0 Å². The quantitative estimate of drug-likeness (QED) is 0.130. The number of hydrogen-bond donors (Lipinski definition) is 0. The number of rotatable bonds is 11. The second-order valence-corrected chi connectivity index (χ2v) is 22.5. The molecule has 3 heterocycles. The number of aromatic nitrogens is 1. The molecule has 354 valence electrons. The maximum atomic E-state index is 7.40. The molecule has 0 saturated heterocycles. The molecule has 5 heteroatoms. The molecular formula is C64H71N3O2. The van der Waals surface area contributed by atoms with Gasteiger partial charge in [-0.15, -0.1) is 0 Å². The van der Waals surface area contributed by atoms with E-state index in [1.807, 2.05) is 6.20 Å². The topological polar surface area (TPSA) is 47.0 Å². The minimum Gasteiger partial charge on any atom is -0.468 e. The van der Waals surface area contributed by atoms with Crippen molar-refractivity contribution in [3.8, 4) is 22.6 Å². The van der Waals surface area contributed by atoms with Gasteiger partial charge in [0.1, 0.15) is 28.5 Å². The van der Waals surface area contributed by atoms with E-state index in [4.69, 9.17) is 19.5 Å². The minimum atomic E-state index is -0.683. The first-order chi connectivity index (χ1) is 32.7. The summed E-state index contributed by atoms with van der Waals surface area (Å²) in [5.74, 6) is 3.66. The molecule has 1 aromatic heterocycles. The molecule has 2 aliphatic rings. The van der Waals surface area contributed by atoms with Crippen molar-refractivity contribution in [1.82, 2.24) is 4.98 Å². The predicted octanol–water partition coefficient (Wildman–Crippen LogP) is 17.3. The van der Waals surface area contributed by atoms with Crippen LogP contribution in [0.1, 0.15) is 158 Å². The van der Waals surface area contributed by atoms with E-state index >= 15 is 0 Å². The summed E-state index contributed by atoms with van der Waals surface area (Å²) in [4.78, 5) is 13.2. The van der Waals surface area contributed by atoms with Crippen molar-refractivity contribution in [2.75, 3.05) is 4.90 Å². The van der Waals surface area contributed by atoms with Crippen LogP contribution in [0, 0.1) is 12.8 Å². The molecule has 9 rings (SSSR count). The Balaban J connectivity index is 1.23. The van der Waals surface area contributed by atoms with Crippen LogP contribution in [0.4, 0.5) is 17.2 Å². The van der Waals surface area contributed by atoms with Crippen LogP contribution in [-0.2, 0) is 15.6 Å². The van der Waals surface area contributed by atoms with Crippen LogP contribution in [0.25, 0.3) is 11.1 Å². The molecule has 6 aromatic carbocycles. The average Bonchev–Trinajstić information content (AvgIpc) is 3.60. The fourth-order valence-electron chi connectivity index (χ4n) is 11.1. The van der Waals surface area contributed by atoms with Crippen molar-refractivity contribution in [1.29, 1.82) is 0 Å². The summed E-state index contributed by atoms with van der Waals surface area (Å²) in [5, 5.41) is 0. The zero-order valence-corrected chi connectivity index (χ0v) is 43.4. The van der Waals surface area contributed by atoms with E-state index in [-0.39, 0.29) is 22.7 Å². The molecule has 69 heavy (non-hydrogen) atoms. The first-order valence-electron chi connectivity index (χ1n) is 25.1. The van der Waals surface area contributed by atoms with E-state index in [9.17, 15) is 0 Å². The van der Waals surface area contributed by atoms with E-state index in [0.717, 1.165) is 45.4 Å². The van der Waals surface area contributed by atoms with Gasteiger partial charge >= 0.3 is 0 Å². The molecule has 0 aliphatic carbocycles. The van der Waals surface area contributed by atoms with Gasteiger partial charge in [-0.25, -0.2) is 9.98 Å². The molecule has 0 amide bonds. The molecule has 5 nitrogen and oxygen atoms in total. The SMILES string of the molecule is Cc1cc(Oc2cc(C3=N[C@](C)(C(c4ccccc4)c4ccccc4)[C@@](C)(C(C)C)O3)cc(-c3c(C(C)C)cccc3C(C)C)c2)cc(N2c3ccc(C(C)(C)C)cc3C(C)(C)c3cccnc32)c1. The maximum Gasteiger partial charge on any atom is 0.217 e. The summed E-state index contributed by atoms with van der Waals surface area (Å²) in [6.45, 7) is 31.8. The Bertz CT molecular complexity index is 2980. The highest BCUT2D eigenvalue weighted by Gasteiger charge is 2.59. The molecule has 2 aliphatic heterocycles. The molecule has 0 N–H and O–H groups in total. The van der Waals surface area contributed by atoms with E-state index in [1.54, 1.807) is 0 Å². The van der Waals surface area contributed by atoms with Crippen LogP contribution in [-0.4, -0.2) is 22.0 Å². The van der Waals surface area contributed by atoms with Gasteiger partial charge in [0.25, 0.3) is 0 Å². The summed E-state index contributed by atoms with van der Waals surface area (Å²) < 4.78 is 14.6. The predicted molar refractivity (Wildman–Crippen MR) is 289 cm³/mol. The van der Waals surface area contributed by atoms with Crippen molar-refractivity contribution in [2.45, 2.75) is 137 Å². The summed E-state index contributed by atoms with van der Waals surface area (Å²) in [7, 11) is 0. The minimum absolute atomic E-state index is 0.00113. The van der Waals surface area contributed by atoms with Crippen molar-refractivity contribution in [3.63, 3.8) is 0 Å². The van der Waals surface area contributed by atoms with E-state index in [1.165, 1.54) is 44.5 Å². The van der Waals surface area contributed by atoms with Crippen LogP contribution < -0.4 is 9.64 Å². The summed E-state index contributed by atoms with van der Waals surface area (Å²) >= 11 is 0. The fourth-order valence-corrected chi connectivity index (χ4v) is 11.1. The lowest BCUT2D eigenvalue weighted by molar-refractivity contribution is -0.0158. The normalized spacial score (nSPS) is 18.6. The lowest BCUT2D eigenvalue weighted by atomic mass is 9.64. The third-order valence-electron chi connectivity index (χ3n) is 15.4. The van der Waals surface area contributed by atoms with Crippen LogP contribution in [0.2, 0.25) is 0 Å². The van der Waals surface area contributed by atoms with Crippen molar-refractivity contribution in [3.05, 3.63) is 202 Å². The number of nitrogens with zero attached hydrogens (tertiary/aromatic N) is 3. The number of ether oxygens (including phenoxy) is 2. The lowest BCUT2D eigenvalue weighted by Crippen LogP contribution is -2.54. The van der Waals surface area contributed by atoms with Crippen LogP contribution in [0.5, 0.6) is 11.5 Å². The van der Waals surface area contributed by atoms with E-state index < -0.39 is 11.1 Å². The van der Waals surface area contributed by atoms with Crippen molar-refractivity contribution >= 4 is 23.1 Å². The number of aliphatic imine (C=N–C) groups is 1. The molecule has 2 atom stereocenters. The average molecular weight is 914 g/mol. The highest BCUT2D eigenvalue weighted by molar-refractivity contribution is 5.98. The summed E-state index contributed by atoms with van der Waals surface area (Å²) in [6, 6.07) is 52.8. The zero-order chi connectivity index (χ0) is 49.2. The third kappa shape index (κ3) is 8.46. The molecular weight excluding hydrogens is 843 g/mol. The van der Waals surface area contributed by atoms with Gasteiger partial charge in [0.2, 0.25) is 5.90 Å². The second kappa shape index (κ2) is 17.8. The van der Waals surface area contributed by atoms with Gasteiger partial charge < -0.3 is 9.47 Å². The first kappa shape index (κ1) is 47.6. The first-order valence-corrected chi connectivity index (χ1v) is 25.1. The molecule has 0 unspecified atom stereocenters. The Morgan fingerprint density at radius 2 is 1.22 bits per heavy atom. The summed E-state index contributed by atoms with van der Waals surface area (Å²) in [6.07, 6.45) is 1.90. The number of aryl methyl sites for hydroxylation is 1. The Kier molecular flexibility index (Phi) is 12.3. The number of hydrogen-bond acceptors (Lipinski definition) is 5. The second-order valence-electron chi connectivity index (χ2n) is 22.5. The smallest absolute Gasteiger partial charge is 0.217 e. The van der Waals surface area contributed by atoms with Gasteiger partial charge in [0.05, 0.1) is 11.4 Å². The van der Waals surface area contributed by atoms with E-state index in [2.05, 4.69) is 247 Å². The standard InChI is InChI=1S/C64H71N3O2/c1-40(2)52-27-21-28-53(41(3)4)57(52)46-35-47(60-66-63(13,64(14,69-60)42(5)6)58(44-23-17-15-18-24-44)45-25-19-16-20-26-45)37-51(36-46)68-50-34-43(7)33-49(39-50)67-56-31-30-48(61(8,9)10)38-55(56)62(11,12)54-29-22-32-65-59(54)67/h15-42,58H,1-14H3/t63-,64-/m1/s1. The molecule has 0 saturated carbocycles. The molecule has 7 aromatic rings. The van der Waals surface area contributed by atoms with Gasteiger partial charge in [-0.05, 0) is 136 Å². The zero-order valence-electron chi connectivity index (χ0n) is 43.4. The van der Waals surface area contributed by atoms with Gasteiger partial charge in [-0.3, -0.25) is 4.90 Å². The molecule has 0 radical (unpaired) electrons. The number of anilines is 3. The van der Waals surface area contributed by atoms with Gasteiger partial charge in [-0.2, -0.15) is 0 Å².